The average molecular weight is 327 g/mol. The maximum atomic E-state index is 10.8. The van der Waals surface area contributed by atoms with Gasteiger partial charge in [0.15, 0.2) is 0 Å². The minimum atomic E-state index is -1.04. The smallest absolute Gasteiger partial charge is 0.335 e. The molecule has 2 aromatic rings. The number of carboxylic acid groups (broad SMARTS) is 1. The van der Waals surface area contributed by atoms with Gasteiger partial charge in [0.25, 0.3) is 0 Å². The molecule has 0 aliphatic rings. The number of carboxylic acids is 1. The van der Waals surface area contributed by atoms with Crippen molar-refractivity contribution in [3.8, 4) is 11.5 Å². The minimum Gasteiger partial charge on any atom is -0.495 e. The Morgan fingerprint density at radius 1 is 1.10 bits per heavy atom. The molecule has 0 aliphatic carbocycles. The molecule has 2 aromatic carbocycles. The number of hydrogen-bond donors (Lipinski definition) is 1. The van der Waals surface area contributed by atoms with E-state index < -0.39 is 5.97 Å². The van der Waals surface area contributed by atoms with Gasteiger partial charge in [-0.1, -0.05) is 29.3 Å². The number of aromatic carboxylic acids is 1. The third-order valence-corrected chi connectivity index (χ3v) is 3.38. The summed E-state index contributed by atoms with van der Waals surface area (Å²) >= 11 is 12.0. The first-order chi connectivity index (χ1) is 10.0. The number of carbonyl (C=O) groups is 1. The zero-order valence-corrected chi connectivity index (χ0v) is 12.6. The molecule has 4 nitrogen and oxygen atoms in total. The molecule has 0 unspecified atom stereocenters. The summed E-state index contributed by atoms with van der Waals surface area (Å²) in [5, 5.41) is 9.60. The summed E-state index contributed by atoms with van der Waals surface area (Å²) in [5.74, 6) is -0.0387. The highest BCUT2D eigenvalue weighted by Gasteiger charge is 2.09. The van der Waals surface area contributed by atoms with Crippen molar-refractivity contribution in [3.63, 3.8) is 0 Å². The first-order valence-electron chi connectivity index (χ1n) is 5.99. The lowest BCUT2D eigenvalue weighted by molar-refractivity contribution is 0.0697. The highest BCUT2D eigenvalue weighted by molar-refractivity contribution is 6.32. The molecule has 0 aromatic heterocycles. The summed E-state index contributed by atoms with van der Waals surface area (Å²) < 4.78 is 10.6. The normalized spacial score (nSPS) is 10.2. The van der Waals surface area contributed by atoms with Crippen LogP contribution in [0.3, 0.4) is 0 Å². The first kappa shape index (κ1) is 15.5. The van der Waals surface area contributed by atoms with E-state index in [1.807, 2.05) is 6.07 Å². The van der Waals surface area contributed by atoms with Gasteiger partial charge in [0.2, 0.25) is 0 Å². The van der Waals surface area contributed by atoms with Crippen molar-refractivity contribution in [2.45, 2.75) is 6.61 Å². The Morgan fingerprint density at radius 2 is 1.76 bits per heavy atom. The van der Waals surface area contributed by atoms with Gasteiger partial charge < -0.3 is 14.6 Å². The second-order valence-electron chi connectivity index (χ2n) is 4.21. The van der Waals surface area contributed by atoms with Crippen LogP contribution >= 0.6 is 23.2 Å². The zero-order valence-electron chi connectivity index (χ0n) is 11.1. The van der Waals surface area contributed by atoms with Crippen LogP contribution in [0.5, 0.6) is 11.5 Å². The van der Waals surface area contributed by atoms with E-state index in [2.05, 4.69) is 0 Å². The Hall–Kier alpha value is -1.91. The standard InChI is InChI=1S/C15H12Cl2O4/c1-20-13-4-2-9(6-11(13)16)8-21-14-5-3-10(15(18)19)7-12(14)17/h2-7H,8H2,1H3,(H,18,19). The van der Waals surface area contributed by atoms with Gasteiger partial charge in [-0.25, -0.2) is 4.79 Å². The Labute approximate surface area is 131 Å². The molecule has 6 heteroatoms. The van der Waals surface area contributed by atoms with Crippen molar-refractivity contribution in [3.05, 3.63) is 57.6 Å². The lowest BCUT2D eigenvalue weighted by Crippen LogP contribution is -1.99. The molecule has 0 bridgehead atoms. The van der Waals surface area contributed by atoms with Crippen molar-refractivity contribution < 1.29 is 19.4 Å². The number of rotatable bonds is 5. The fourth-order valence-corrected chi connectivity index (χ4v) is 2.23. The molecule has 0 radical (unpaired) electrons. The van der Waals surface area contributed by atoms with Crippen LogP contribution in [0, 0.1) is 0 Å². The lowest BCUT2D eigenvalue weighted by atomic mass is 10.2. The predicted molar refractivity (Wildman–Crippen MR) is 80.7 cm³/mol. The molecule has 0 saturated heterocycles. The summed E-state index contributed by atoms with van der Waals surface area (Å²) in [6.45, 7) is 0.260. The predicted octanol–water partition coefficient (Wildman–Crippen LogP) is 4.28. The van der Waals surface area contributed by atoms with Crippen LogP contribution in [0.1, 0.15) is 15.9 Å². The van der Waals surface area contributed by atoms with E-state index in [1.54, 1.807) is 19.2 Å². The summed E-state index contributed by atoms with van der Waals surface area (Å²) in [4.78, 5) is 10.8. The Balaban J connectivity index is 2.09. The second kappa shape index (κ2) is 6.70. The van der Waals surface area contributed by atoms with Gasteiger partial charge in [-0.3, -0.25) is 0 Å². The van der Waals surface area contributed by atoms with E-state index in [4.69, 9.17) is 37.8 Å². The molecule has 0 saturated carbocycles. The van der Waals surface area contributed by atoms with Gasteiger partial charge in [0, 0.05) is 0 Å². The molecule has 0 spiro atoms. The average Bonchev–Trinajstić information content (AvgIpc) is 2.46. The number of halogens is 2. The summed E-state index contributed by atoms with van der Waals surface area (Å²) in [7, 11) is 1.54. The highest BCUT2D eigenvalue weighted by Crippen LogP contribution is 2.28. The molecule has 0 amide bonds. The van der Waals surface area contributed by atoms with E-state index in [1.165, 1.54) is 18.2 Å². The zero-order chi connectivity index (χ0) is 15.4. The summed E-state index contributed by atoms with van der Waals surface area (Å²) in [6.07, 6.45) is 0. The first-order valence-corrected chi connectivity index (χ1v) is 6.75. The van der Waals surface area contributed by atoms with Crippen LogP contribution in [-0.2, 0) is 6.61 Å². The highest BCUT2D eigenvalue weighted by atomic mass is 35.5. The summed E-state index contributed by atoms with van der Waals surface area (Å²) in [5.41, 5.74) is 0.957. The van der Waals surface area contributed by atoms with Crippen molar-refractivity contribution in [2.24, 2.45) is 0 Å². The molecule has 0 atom stereocenters. The van der Waals surface area contributed by atoms with Crippen molar-refractivity contribution in [1.29, 1.82) is 0 Å². The maximum Gasteiger partial charge on any atom is 0.335 e. The molecule has 1 N–H and O–H groups in total. The monoisotopic (exact) mass is 326 g/mol. The van der Waals surface area contributed by atoms with Crippen LogP contribution in [0.2, 0.25) is 10.0 Å². The lowest BCUT2D eigenvalue weighted by Gasteiger charge is -2.10. The molecule has 2 rings (SSSR count). The number of benzene rings is 2. The van der Waals surface area contributed by atoms with Crippen molar-refractivity contribution in [1.82, 2.24) is 0 Å². The van der Waals surface area contributed by atoms with Gasteiger partial charge >= 0.3 is 5.97 Å². The molecule has 0 heterocycles. The fraction of sp³-hybridized carbons (Fsp3) is 0.133. The molecule has 110 valence electrons. The van der Waals surface area contributed by atoms with Gasteiger partial charge in [-0.2, -0.15) is 0 Å². The SMILES string of the molecule is COc1ccc(COc2ccc(C(=O)O)cc2Cl)cc1Cl. The van der Waals surface area contributed by atoms with Crippen molar-refractivity contribution in [2.75, 3.05) is 7.11 Å². The van der Waals surface area contributed by atoms with Crippen LogP contribution in [0.4, 0.5) is 0 Å². The molecule has 0 aliphatic heterocycles. The van der Waals surface area contributed by atoms with Crippen LogP contribution in [-0.4, -0.2) is 18.2 Å². The quantitative estimate of drug-likeness (QED) is 0.890. The molecular weight excluding hydrogens is 315 g/mol. The summed E-state index contributed by atoms with van der Waals surface area (Å²) in [6, 6.07) is 9.61. The number of ether oxygens (including phenoxy) is 2. The Bertz CT molecular complexity index is 671. The third kappa shape index (κ3) is 3.80. The topological polar surface area (TPSA) is 55.8 Å². The molecule has 21 heavy (non-hydrogen) atoms. The molecular formula is C15H12Cl2O4. The van der Waals surface area contributed by atoms with Gasteiger partial charge in [0.1, 0.15) is 18.1 Å². The maximum absolute atomic E-state index is 10.8. The van der Waals surface area contributed by atoms with Crippen LogP contribution in [0.25, 0.3) is 0 Å². The van der Waals surface area contributed by atoms with Crippen LogP contribution < -0.4 is 9.47 Å². The third-order valence-electron chi connectivity index (χ3n) is 2.79. The number of methoxy groups -OCH3 is 1. The van der Waals surface area contributed by atoms with Crippen LogP contribution in [0.15, 0.2) is 36.4 Å². The van der Waals surface area contributed by atoms with E-state index in [0.29, 0.717) is 16.5 Å². The van der Waals surface area contributed by atoms with Crippen molar-refractivity contribution >= 4 is 29.2 Å². The van der Waals surface area contributed by atoms with Gasteiger partial charge in [-0.15, -0.1) is 0 Å². The Kier molecular flexibility index (Phi) is 4.94. The van der Waals surface area contributed by atoms with Gasteiger partial charge in [-0.05, 0) is 35.9 Å². The van der Waals surface area contributed by atoms with E-state index in [9.17, 15) is 4.79 Å². The fourth-order valence-electron chi connectivity index (χ4n) is 1.71. The van der Waals surface area contributed by atoms with Gasteiger partial charge in [0.05, 0.1) is 22.7 Å². The number of hydrogen-bond acceptors (Lipinski definition) is 3. The minimum absolute atomic E-state index is 0.111. The van der Waals surface area contributed by atoms with E-state index >= 15 is 0 Å². The van der Waals surface area contributed by atoms with E-state index in [-0.39, 0.29) is 17.2 Å². The Morgan fingerprint density at radius 3 is 2.33 bits per heavy atom. The van der Waals surface area contributed by atoms with E-state index in [0.717, 1.165) is 5.56 Å². The molecule has 0 fully saturated rings. The largest absolute Gasteiger partial charge is 0.495 e. The second-order valence-corrected chi connectivity index (χ2v) is 5.02.